The van der Waals surface area contributed by atoms with Crippen LogP contribution in [0.5, 0.6) is 0 Å². The summed E-state index contributed by atoms with van der Waals surface area (Å²) < 4.78 is 5.17. The van der Waals surface area contributed by atoms with E-state index < -0.39 is 0 Å². The monoisotopic (exact) mass is 275 g/mol. The fourth-order valence-electron chi connectivity index (χ4n) is 2.06. The van der Waals surface area contributed by atoms with Gasteiger partial charge in [-0.15, -0.1) is 0 Å². The maximum Gasteiger partial charge on any atom is 0.104 e. The van der Waals surface area contributed by atoms with Crippen LogP contribution >= 0.6 is 0 Å². The van der Waals surface area contributed by atoms with Gasteiger partial charge in [-0.3, -0.25) is 4.90 Å². The third-order valence-electron chi connectivity index (χ3n) is 2.91. The molecule has 0 aliphatic heterocycles. The summed E-state index contributed by atoms with van der Waals surface area (Å²) in [6, 6.07) is 8.20. The molecular weight excluding hydrogens is 250 g/mol. The molecule has 0 atom stereocenters. The molecule has 110 valence electrons. The minimum absolute atomic E-state index is 0.0963. The zero-order valence-corrected chi connectivity index (χ0v) is 12.7. The van der Waals surface area contributed by atoms with Crippen LogP contribution in [0.15, 0.2) is 24.3 Å². The van der Waals surface area contributed by atoms with Crippen LogP contribution in [-0.2, 0) is 11.3 Å². The molecule has 1 aromatic carbocycles. The number of nitrogens with zero attached hydrogens (tertiary/aromatic N) is 1. The molecule has 20 heavy (non-hydrogen) atoms. The van der Waals surface area contributed by atoms with Crippen molar-refractivity contribution in [3.8, 4) is 11.8 Å². The van der Waals surface area contributed by atoms with E-state index in [0.29, 0.717) is 5.92 Å². The fourth-order valence-corrected chi connectivity index (χ4v) is 2.06. The Morgan fingerprint density at radius 3 is 2.50 bits per heavy atom. The van der Waals surface area contributed by atoms with Crippen LogP contribution in [0, 0.1) is 17.8 Å². The van der Waals surface area contributed by atoms with Gasteiger partial charge in [-0.1, -0.05) is 37.8 Å². The molecule has 0 aromatic heterocycles. The summed E-state index contributed by atoms with van der Waals surface area (Å²) in [5.74, 6) is 6.21. The molecule has 0 saturated carbocycles. The summed E-state index contributed by atoms with van der Waals surface area (Å²) in [5.41, 5.74) is 2.21. The Labute approximate surface area is 122 Å². The molecule has 3 nitrogen and oxygen atoms in total. The SMILES string of the molecule is COCCN(Cc1ccc(C#CCO)cc1)CC(C)C. The third-order valence-corrected chi connectivity index (χ3v) is 2.91. The van der Waals surface area contributed by atoms with E-state index in [4.69, 9.17) is 9.84 Å². The Bertz CT molecular complexity index is 429. The van der Waals surface area contributed by atoms with Crippen molar-refractivity contribution >= 4 is 0 Å². The van der Waals surface area contributed by atoms with E-state index in [2.05, 4.69) is 42.7 Å². The molecule has 0 fully saturated rings. The lowest BCUT2D eigenvalue weighted by Gasteiger charge is -2.24. The second-order valence-corrected chi connectivity index (χ2v) is 5.28. The van der Waals surface area contributed by atoms with E-state index in [1.807, 2.05) is 12.1 Å². The van der Waals surface area contributed by atoms with Crippen molar-refractivity contribution in [1.82, 2.24) is 4.90 Å². The quantitative estimate of drug-likeness (QED) is 0.774. The molecule has 1 N–H and O–H groups in total. The molecule has 0 bridgehead atoms. The van der Waals surface area contributed by atoms with Crippen molar-refractivity contribution in [2.24, 2.45) is 5.92 Å². The smallest absolute Gasteiger partial charge is 0.104 e. The van der Waals surface area contributed by atoms with Gasteiger partial charge in [0.25, 0.3) is 0 Å². The van der Waals surface area contributed by atoms with Gasteiger partial charge in [0.2, 0.25) is 0 Å². The number of aliphatic hydroxyl groups is 1. The first-order chi connectivity index (χ1) is 9.65. The van der Waals surface area contributed by atoms with Crippen LogP contribution in [0.4, 0.5) is 0 Å². The molecule has 0 spiro atoms. The second kappa shape index (κ2) is 9.55. The minimum atomic E-state index is -0.0963. The van der Waals surface area contributed by atoms with Gasteiger partial charge in [-0.25, -0.2) is 0 Å². The van der Waals surface area contributed by atoms with E-state index >= 15 is 0 Å². The number of aliphatic hydroxyl groups excluding tert-OH is 1. The normalized spacial score (nSPS) is 10.7. The second-order valence-electron chi connectivity index (χ2n) is 5.28. The Morgan fingerprint density at radius 2 is 1.95 bits per heavy atom. The molecule has 1 rings (SSSR count). The number of benzene rings is 1. The van der Waals surface area contributed by atoms with E-state index in [1.165, 1.54) is 5.56 Å². The average Bonchev–Trinajstić information content (AvgIpc) is 2.43. The van der Waals surface area contributed by atoms with E-state index in [0.717, 1.165) is 31.8 Å². The van der Waals surface area contributed by atoms with Crippen LogP contribution in [0.2, 0.25) is 0 Å². The van der Waals surface area contributed by atoms with E-state index in [1.54, 1.807) is 7.11 Å². The van der Waals surface area contributed by atoms with Gasteiger partial charge in [0.15, 0.2) is 0 Å². The van der Waals surface area contributed by atoms with Crippen LogP contribution in [0.25, 0.3) is 0 Å². The van der Waals surface area contributed by atoms with Gasteiger partial charge in [0.05, 0.1) is 6.61 Å². The predicted molar refractivity (Wildman–Crippen MR) is 82.4 cm³/mol. The number of hydrogen-bond acceptors (Lipinski definition) is 3. The average molecular weight is 275 g/mol. The van der Waals surface area contributed by atoms with Gasteiger partial charge < -0.3 is 9.84 Å². The van der Waals surface area contributed by atoms with Crippen LogP contribution in [0.1, 0.15) is 25.0 Å². The van der Waals surface area contributed by atoms with E-state index in [9.17, 15) is 0 Å². The Kier molecular flexibility index (Phi) is 7.98. The molecule has 0 heterocycles. The Balaban J connectivity index is 2.62. The molecule has 0 amide bonds. The highest BCUT2D eigenvalue weighted by Crippen LogP contribution is 2.09. The molecule has 0 saturated heterocycles. The van der Waals surface area contributed by atoms with Crippen molar-refractivity contribution < 1.29 is 9.84 Å². The lowest BCUT2D eigenvalue weighted by molar-refractivity contribution is 0.136. The highest BCUT2D eigenvalue weighted by Gasteiger charge is 2.08. The van der Waals surface area contributed by atoms with E-state index in [-0.39, 0.29) is 6.61 Å². The van der Waals surface area contributed by atoms with Crippen molar-refractivity contribution in [1.29, 1.82) is 0 Å². The molecule has 0 unspecified atom stereocenters. The van der Waals surface area contributed by atoms with Crippen LogP contribution < -0.4 is 0 Å². The lowest BCUT2D eigenvalue weighted by atomic mass is 10.1. The largest absolute Gasteiger partial charge is 0.384 e. The Hall–Kier alpha value is -1.34. The first kappa shape index (κ1) is 16.7. The molecule has 3 heteroatoms. The van der Waals surface area contributed by atoms with Crippen molar-refractivity contribution in [2.45, 2.75) is 20.4 Å². The summed E-state index contributed by atoms with van der Waals surface area (Å²) in [5, 5.41) is 8.68. The molecule has 0 radical (unpaired) electrons. The maximum absolute atomic E-state index is 8.68. The molecule has 0 aliphatic rings. The van der Waals surface area contributed by atoms with Crippen molar-refractivity contribution in [2.75, 3.05) is 33.4 Å². The van der Waals surface area contributed by atoms with Crippen molar-refractivity contribution in [3.63, 3.8) is 0 Å². The fraction of sp³-hybridized carbons (Fsp3) is 0.529. The zero-order valence-electron chi connectivity index (χ0n) is 12.7. The van der Waals surface area contributed by atoms with Gasteiger partial charge in [-0.05, 0) is 23.6 Å². The summed E-state index contributed by atoms with van der Waals surface area (Å²) in [6.45, 7) is 8.06. The summed E-state index contributed by atoms with van der Waals surface area (Å²) in [6.07, 6.45) is 0. The van der Waals surface area contributed by atoms with Crippen LogP contribution in [0.3, 0.4) is 0 Å². The number of hydrogen-bond donors (Lipinski definition) is 1. The highest BCUT2D eigenvalue weighted by atomic mass is 16.5. The first-order valence-corrected chi connectivity index (χ1v) is 7.05. The predicted octanol–water partition coefficient (Wildman–Crippen LogP) is 2.13. The van der Waals surface area contributed by atoms with Gasteiger partial charge in [0, 0.05) is 32.3 Å². The summed E-state index contributed by atoms with van der Waals surface area (Å²) in [4.78, 5) is 2.41. The topological polar surface area (TPSA) is 32.7 Å². The standard InChI is InChI=1S/C17H25NO2/c1-15(2)13-18(10-12-20-3)14-17-8-6-16(7-9-17)5-4-11-19/h6-9,15,19H,10-14H2,1-3H3. The van der Waals surface area contributed by atoms with Crippen LogP contribution in [-0.4, -0.2) is 43.4 Å². The maximum atomic E-state index is 8.68. The number of rotatable bonds is 7. The molecular formula is C17H25NO2. The van der Waals surface area contributed by atoms with Gasteiger partial charge in [0.1, 0.15) is 6.61 Å². The zero-order chi connectivity index (χ0) is 14.8. The Morgan fingerprint density at radius 1 is 1.25 bits per heavy atom. The first-order valence-electron chi connectivity index (χ1n) is 7.05. The number of methoxy groups -OCH3 is 1. The minimum Gasteiger partial charge on any atom is -0.384 e. The van der Waals surface area contributed by atoms with Gasteiger partial charge in [-0.2, -0.15) is 0 Å². The number of ether oxygens (including phenoxy) is 1. The lowest BCUT2D eigenvalue weighted by Crippen LogP contribution is -2.30. The molecule has 0 aliphatic carbocycles. The van der Waals surface area contributed by atoms with Gasteiger partial charge >= 0.3 is 0 Å². The van der Waals surface area contributed by atoms with Crippen molar-refractivity contribution in [3.05, 3.63) is 35.4 Å². The molecule has 1 aromatic rings. The third kappa shape index (κ3) is 6.72. The highest BCUT2D eigenvalue weighted by molar-refractivity contribution is 5.36. The summed E-state index contributed by atoms with van der Waals surface area (Å²) in [7, 11) is 1.74. The summed E-state index contributed by atoms with van der Waals surface area (Å²) >= 11 is 0.